The third-order valence-electron chi connectivity index (χ3n) is 5.14. The van der Waals surface area contributed by atoms with E-state index in [0.717, 1.165) is 23.8 Å². The van der Waals surface area contributed by atoms with Crippen LogP contribution in [0.2, 0.25) is 0 Å². The van der Waals surface area contributed by atoms with Gasteiger partial charge in [-0.2, -0.15) is 0 Å². The van der Waals surface area contributed by atoms with Gasteiger partial charge in [0.2, 0.25) is 5.91 Å². The van der Waals surface area contributed by atoms with Crippen LogP contribution in [0.3, 0.4) is 0 Å². The number of hydrogen-bond acceptors (Lipinski definition) is 5. The molecule has 26 heavy (non-hydrogen) atoms. The largest absolute Gasteiger partial charge is 0.497 e. The Balaban J connectivity index is 2.11. The third kappa shape index (κ3) is 4.43. The van der Waals surface area contributed by atoms with Gasteiger partial charge in [0.1, 0.15) is 11.3 Å². The number of hydrogen-bond donors (Lipinski definition) is 2. The molecule has 0 atom stereocenters. The van der Waals surface area contributed by atoms with Gasteiger partial charge in [-0.3, -0.25) is 4.79 Å². The minimum Gasteiger partial charge on any atom is -0.497 e. The van der Waals surface area contributed by atoms with Crippen LogP contribution >= 0.6 is 0 Å². The van der Waals surface area contributed by atoms with Gasteiger partial charge in [-0.05, 0) is 43.9 Å². The van der Waals surface area contributed by atoms with E-state index in [4.69, 9.17) is 14.9 Å². The number of ether oxygens (including phenoxy) is 1. The zero-order valence-corrected chi connectivity index (χ0v) is 16.0. The van der Waals surface area contributed by atoms with Crippen molar-refractivity contribution in [2.45, 2.75) is 52.0 Å². The van der Waals surface area contributed by atoms with Gasteiger partial charge < -0.3 is 20.2 Å². The van der Waals surface area contributed by atoms with E-state index in [1.165, 1.54) is 0 Å². The van der Waals surface area contributed by atoms with Crippen LogP contribution in [0.5, 0.6) is 5.75 Å². The molecule has 142 valence electrons. The van der Waals surface area contributed by atoms with Gasteiger partial charge in [0.05, 0.1) is 7.11 Å². The van der Waals surface area contributed by atoms with E-state index in [0.29, 0.717) is 29.9 Å². The number of benzene rings is 1. The molecule has 1 heterocycles. The van der Waals surface area contributed by atoms with Crippen LogP contribution in [0.1, 0.15) is 44.2 Å². The molecule has 0 unspecified atom stereocenters. The van der Waals surface area contributed by atoms with E-state index < -0.39 is 5.63 Å². The molecule has 0 radical (unpaired) electrons. The molecule has 0 spiro atoms. The molecule has 3 N–H and O–H groups in total. The molecular formula is C20H28N2O4. The molecule has 0 fully saturated rings. The fourth-order valence-corrected chi connectivity index (χ4v) is 2.89. The number of nitrogens with two attached hydrogens (primary N) is 1. The molecule has 0 saturated carbocycles. The predicted molar refractivity (Wildman–Crippen MR) is 103 cm³/mol. The number of nitrogens with one attached hydrogen (secondary N) is 1. The number of methoxy groups -OCH3 is 1. The van der Waals surface area contributed by atoms with Crippen molar-refractivity contribution in [1.29, 1.82) is 0 Å². The summed E-state index contributed by atoms with van der Waals surface area (Å²) in [6.45, 7) is 6.32. The second-order valence-electron chi connectivity index (χ2n) is 6.70. The van der Waals surface area contributed by atoms with Gasteiger partial charge in [-0.15, -0.1) is 0 Å². The SMILES string of the molecule is CCC(N)(CC)CNC(=O)CCc1c(C)c2ccc(OC)cc2oc1=O. The van der Waals surface area contributed by atoms with E-state index in [9.17, 15) is 9.59 Å². The van der Waals surface area contributed by atoms with Crippen LogP contribution in [0.15, 0.2) is 27.4 Å². The van der Waals surface area contributed by atoms with Gasteiger partial charge in [0.25, 0.3) is 0 Å². The smallest absolute Gasteiger partial charge is 0.339 e. The Hall–Kier alpha value is -2.34. The Bertz CT molecular complexity index is 838. The van der Waals surface area contributed by atoms with Crippen molar-refractivity contribution in [2.24, 2.45) is 5.73 Å². The van der Waals surface area contributed by atoms with Crippen molar-refractivity contribution in [1.82, 2.24) is 5.32 Å². The highest BCUT2D eigenvalue weighted by molar-refractivity contribution is 5.82. The number of aryl methyl sites for hydroxylation is 1. The van der Waals surface area contributed by atoms with Crippen molar-refractivity contribution < 1.29 is 13.9 Å². The predicted octanol–water partition coefficient (Wildman–Crippen LogP) is 2.68. The summed E-state index contributed by atoms with van der Waals surface area (Å²) < 4.78 is 10.6. The van der Waals surface area contributed by atoms with Crippen LogP contribution in [0.4, 0.5) is 0 Å². The maximum atomic E-state index is 12.3. The molecule has 0 aliphatic heterocycles. The molecule has 1 aromatic carbocycles. The molecule has 1 amide bonds. The Labute approximate surface area is 153 Å². The molecule has 0 aliphatic carbocycles. The number of amides is 1. The standard InChI is InChI=1S/C20H28N2O4/c1-5-20(21,6-2)12-22-18(23)10-9-16-13(3)15-8-7-14(25-4)11-17(15)26-19(16)24/h7-8,11H,5-6,9-10,12,21H2,1-4H3,(H,22,23). The van der Waals surface area contributed by atoms with E-state index in [1.54, 1.807) is 13.2 Å². The minimum absolute atomic E-state index is 0.115. The summed E-state index contributed by atoms with van der Waals surface area (Å²) in [5.41, 5.74) is 7.25. The minimum atomic E-state index is -0.411. The highest BCUT2D eigenvalue weighted by Gasteiger charge is 2.21. The van der Waals surface area contributed by atoms with E-state index in [2.05, 4.69) is 5.32 Å². The average Bonchev–Trinajstić information content (AvgIpc) is 2.65. The molecule has 2 rings (SSSR count). The molecule has 1 aromatic heterocycles. The lowest BCUT2D eigenvalue weighted by Gasteiger charge is -2.26. The van der Waals surface area contributed by atoms with Crippen molar-refractivity contribution in [3.05, 3.63) is 39.7 Å². The summed E-state index contributed by atoms with van der Waals surface area (Å²) in [5, 5.41) is 3.72. The van der Waals surface area contributed by atoms with Crippen molar-refractivity contribution >= 4 is 16.9 Å². The highest BCUT2D eigenvalue weighted by atomic mass is 16.5. The van der Waals surface area contributed by atoms with Gasteiger partial charge in [0, 0.05) is 35.5 Å². The summed E-state index contributed by atoms with van der Waals surface area (Å²) in [7, 11) is 1.56. The number of rotatable bonds is 8. The van der Waals surface area contributed by atoms with E-state index >= 15 is 0 Å². The van der Waals surface area contributed by atoms with Crippen LogP contribution in [-0.2, 0) is 11.2 Å². The summed E-state index contributed by atoms with van der Waals surface area (Å²) >= 11 is 0. The molecular weight excluding hydrogens is 332 g/mol. The fraction of sp³-hybridized carbons (Fsp3) is 0.500. The first-order valence-electron chi connectivity index (χ1n) is 8.99. The molecule has 6 heteroatoms. The van der Waals surface area contributed by atoms with Gasteiger partial charge in [-0.1, -0.05) is 13.8 Å². The molecule has 6 nitrogen and oxygen atoms in total. The first kappa shape index (κ1) is 20.0. The molecule has 0 saturated heterocycles. The van der Waals surface area contributed by atoms with E-state index in [1.807, 2.05) is 32.9 Å². The summed E-state index contributed by atoms with van der Waals surface area (Å²) in [6.07, 6.45) is 2.13. The quantitative estimate of drug-likeness (QED) is 0.706. The monoisotopic (exact) mass is 360 g/mol. The van der Waals surface area contributed by atoms with Crippen LogP contribution in [0, 0.1) is 6.92 Å². The lowest BCUT2D eigenvalue weighted by molar-refractivity contribution is -0.121. The number of fused-ring (bicyclic) bond motifs is 1. The summed E-state index contributed by atoms with van der Waals surface area (Å²) in [5.74, 6) is 0.514. The zero-order chi connectivity index (χ0) is 19.3. The maximum Gasteiger partial charge on any atom is 0.339 e. The highest BCUT2D eigenvalue weighted by Crippen LogP contribution is 2.24. The summed E-state index contributed by atoms with van der Waals surface area (Å²) in [6, 6.07) is 5.37. The zero-order valence-electron chi connectivity index (χ0n) is 16.0. The van der Waals surface area contributed by atoms with Gasteiger partial charge in [0.15, 0.2) is 0 Å². The maximum absolute atomic E-state index is 12.3. The molecule has 2 aromatic rings. The molecule has 0 bridgehead atoms. The van der Waals surface area contributed by atoms with Crippen LogP contribution < -0.4 is 21.4 Å². The fourth-order valence-electron chi connectivity index (χ4n) is 2.89. The third-order valence-corrected chi connectivity index (χ3v) is 5.14. The second-order valence-corrected chi connectivity index (χ2v) is 6.70. The summed E-state index contributed by atoms with van der Waals surface area (Å²) in [4.78, 5) is 24.5. The number of carbonyl (C=O) groups is 1. The molecule has 0 aliphatic rings. The lowest BCUT2D eigenvalue weighted by atomic mass is 9.94. The van der Waals surface area contributed by atoms with Crippen LogP contribution in [-0.4, -0.2) is 25.1 Å². The topological polar surface area (TPSA) is 94.6 Å². The first-order valence-corrected chi connectivity index (χ1v) is 8.99. The lowest BCUT2D eigenvalue weighted by Crippen LogP contribution is -2.49. The van der Waals surface area contributed by atoms with Gasteiger partial charge in [-0.25, -0.2) is 4.79 Å². The first-order chi connectivity index (χ1) is 12.3. The van der Waals surface area contributed by atoms with Crippen molar-refractivity contribution in [2.75, 3.05) is 13.7 Å². The van der Waals surface area contributed by atoms with Gasteiger partial charge >= 0.3 is 5.63 Å². The van der Waals surface area contributed by atoms with Crippen molar-refractivity contribution in [3.8, 4) is 5.75 Å². The van der Waals surface area contributed by atoms with Crippen molar-refractivity contribution in [3.63, 3.8) is 0 Å². The van der Waals surface area contributed by atoms with E-state index in [-0.39, 0.29) is 17.9 Å². The Kier molecular flexibility index (Phi) is 6.42. The normalized spacial score (nSPS) is 11.6. The van der Waals surface area contributed by atoms with Crippen LogP contribution in [0.25, 0.3) is 11.0 Å². The Morgan fingerprint density at radius 2 is 2.00 bits per heavy atom. The second kappa shape index (κ2) is 8.36. The number of carbonyl (C=O) groups excluding carboxylic acids is 1. The Morgan fingerprint density at radius 3 is 2.62 bits per heavy atom. The Morgan fingerprint density at radius 1 is 1.31 bits per heavy atom. The average molecular weight is 360 g/mol.